The fourth-order valence-corrected chi connectivity index (χ4v) is 11.2. The Morgan fingerprint density at radius 1 is 0.944 bits per heavy atom. The van der Waals surface area contributed by atoms with Gasteiger partial charge < -0.3 is 40.0 Å². The second-order valence-electron chi connectivity index (χ2n) is 19.8. The number of hydrogen-bond donors (Lipinski definition) is 3. The number of piperazine rings is 2. The fourth-order valence-electron chi connectivity index (χ4n) is 11.2. The van der Waals surface area contributed by atoms with E-state index in [1.165, 1.54) is 29.8 Å². The van der Waals surface area contributed by atoms with Crippen molar-refractivity contribution in [3.8, 4) is 35.4 Å². The summed E-state index contributed by atoms with van der Waals surface area (Å²) in [5, 5.41) is 24.0. The molecule has 5 saturated heterocycles. The van der Waals surface area contributed by atoms with Gasteiger partial charge in [0.15, 0.2) is 5.82 Å². The van der Waals surface area contributed by atoms with Crippen LogP contribution >= 0.6 is 0 Å². The number of aryl methyl sites for hydroxylation is 1. The molecule has 6 aromatic rings. The van der Waals surface area contributed by atoms with Gasteiger partial charge in [-0.05, 0) is 106 Å². The molecule has 71 heavy (non-hydrogen) atoms. The van der Waals surface area contributed by atoms with Gasteiger partial charge in [0.2, 0.25) is 5.91 Å². The molecule has 1 amide bonds. The van der Waals surface area contributed by atoms with Gasteiger partial charge in [-0.15, -0.1) is 6.42 Å². The molecule has 3 aromatic heterocycles. The van der Waals surface area contributed by atoms with Gasteiger partial charge in [-0.25, -0.2) is 8.78 Å². The third kappa shape index (κ3) is 10.0. The SMILES string of the molecule is C#Cc1c(F)ccc2cc(O)cc(-c3ncc4c(N5CC6CCC(C5)N6)nc(OCCCN5CCN(C)CC5)nc4c3F)c12.C=C1CCC(c2nn(C)c3cc(C4CCN(CC=O)CC4)ccc23)C(=O)N1. The van der Waals surface area contributed by atoms with Gasteiger partial charge in [-0.3, -0.25) is 19.4 Å². The molecule has 17 heteroatoms. The Bertz CT molecular complexity index is 3040. The van der Waals surface area contributed by atoms with Crippen molar-refractivity contribution in [1.29, 1.82) is 0 Å². The highest BCUT2D eigenvalue weighted by Crippen LogP contribution is 2.40. The number of piperidine rings is 2. The number of aromatic hydroxyl groups is 1. The van der Waals surface area contributed by atoms with Crippen molar-refractivity contribution in [2.24, 2.45) is 7.05 Å². The van der Waals surface area contributed by atoms with E-state index in [0.717, 1.165) is 132 Å². The van der Waals surface area contributed by atoms with E-state index in [2.05, 4.69) is 77.9 Å². The van der Waals surface area contributed by atoms with Crippen LogP contribution in [0.5, 0.6) is 11.8 Å². The lowest BCUT2D eigenvalue weighted by molar-refractivity contribution is -0.123. The van der Waals surface area contributed by atoms with E-state index < -0.39 is 11.6 Å². The Morgan fingerprint density at radius 2 is 1.72 bits per heavy atom. The summed E-state index contributed by atoms with van der Waals surface area (Å²) in [4.78, 5) is 46.0. The monoisotopic (exact) mass is 965 g/mol. The van der Waals surface area contributed by atoms with Crippen LogP contribution in [-0.2, 0) is 16.6 Å². The third-order valence-electron chi connectivity index (χ3n) is 15.0. The van der Waals surface area contributed by atoms with Crippen LogP contribution in [0.25, 0.3) is 43.8 Å². The number of likely N-dealkylation sites (N-methyl/N-ethyl adjacent to an activating group) is 1. The van der Waals surface area contributed by atoms with Crippen molar-refractivity contribution in [3.05, 3.63) is 89.4 Å². The van der Waals surface area contributed by atoms with Crippen LogP contribution in [0.3, 0.4) is 0 Å². The highest BCUT2D eigenvalue weighted by Gasteiger charge is 2.35. The zero-order valence-corrected chi connectivity index (χ0v) is 40.5. The number of anilines is 1. The number of carbonyl (C=O) groups is 2. The molecule has 11 rings (SSSR count). The van der Waals surface area contributed by atoms with E-state index >= 15 is 4.39 Å². The molecule has 5 aliphatic rings. The van der Waals surface area contributed by atoms with Crippen molar-refractivity contribution in [1.82, 2.24) is 50.1 Å². The maximum absolute atomic E-state index is 16.6. The molecule has 3 aromatic carbocycles. The van der Waals surface area contributed by atoms with Gasteiger partial charge >= 0.3 is 6.01 Å². The molecule has 5 aliphatic heterocycles. The number of hydrogen-bond acceptors (Lipinski definition) is 13. The number of halogens is 2. The number of terminal acetylenes is 1. The van der Waals surface area contributed by atoms with Crippen LogP contribution < -0.4 is 20.3 Å². The molecule has 3 N–H and O–H groups in total. The van der Waals surface area contributed by atoms with Gasteiger partial charge in [0.05, 0.1) is 41.2 Å². The topological polar surface area (TPSA) is 157 Å². The number of carbonyl (C=O) groups excluding carboxylic acids is 2. The van der Waals surface area contributed by atoms with Crippen molar-refractivity contribution in [2.45, 2.75) is 68.9 Å². The molecule has 2 bridgehead atoms. The van der Waals surface area contributed by atoms with Gasteiger partial charge in [0.1, 0.15) is 34.9 Å². The number of likely N-dealkylation sites (tertiary alicyclic amines) is 1. The highest BCUT2D eigenvalue weighted by atomic mass is 19.1. The molecule has 0 saturated carbocycles. The van der Waals surface area contributed by atoms with Crippen LogP contribution in [0.15, 0.2) is 60.9 Å². The summed E-state index contributed by atoms with van der Waals surface area (Å²) in [5.74, 6) is 1.81. The first-order chi connectivity index (χ1) is 34.4. The minimum Gasteiger partial charge on any atom is -0.508 e. The number of phenolic OH excluding ortho intramolecular Hbond substituents is 1. The van der Waals surface area contributed by atoms with Gasteiger partial charge in [0.25, 0.3) is 0 Å². The van der Waals surface area contributed by atoms with E-state index in [0.29, 0.717) is 53.1 Å². The number of nitrogens with zero attached hydrogens (tertiary/aromatic N) is 9. The number of phenols is 1. The maximum atomic E-state index is 16.6. The quantitative estimate of drug-likeness (QED) is 0.0765. The smallest absolute Gasteiger partial charge is 0.319 e. The highest BCUT2D eigenvalue weighted by molar-refractivity contribution is 6.03. The number of pyridine rings is 1. The molecule has 3 atom stereocenters. The summed E-state index contributed by atoms with van der Waals surface area (Å²) in [6, 6.07) is 12.9. The molecule has 5 fully saturated rings. The molecular formula is C54H61F2N11O4. The fraction of sp³-hybridized carbons (Fsp3) is 0.444. The van der Waals surface area contributed by atoms with Crippen molar-refractivity contribution in [2.75, 3.05) is 84.0 Å². The average molecular weight is 966 g/mol. The number of amides is 1. The number of ether oxygens (including phenoxy) is 1. The minimum absolute atomic E-state index is 0.00197. The van der Waals surface area contributed by atoms with Gasteiger partial charge in [-0.2, -0.15) is 15.1 Å². The Morgan fingerprint density at radius 3 is 2.45 bits per heavy atom. The van der Waals surface area contributed by atoms with Crippen LogP contribution in [0.2, 0.25) is 0 Å². The summed E-state index contributed by atoms with van der Waals surface area (Å²) in [6.07, 6.45) is 14.8. The van der Waals surface area contributed by atoms with Crippen molar-refractivity contribution >= 4 is 50.6 Å². The summed E-state index contributed by atoms with van der Waals surface area (Å²) < 4.78 is 39.4. The van der Waals surface area contributed by atoms with E-state index in [1.807, 2.05) is 11.7 Å². The summed E-state index contributed by atoms with van der Waals surface area (Å²) in [6.45, 7) is 13.2. The number of allylic oxidation sites excluding steroid dienone is 1. The lowest BCUT2D eigenvalue weighted by atomic mass is 9.87. The number of aromatic nitrogens is 5. The lowest BCUT2D eigenvalue weighted by Gasteiger charge is -2.34. The van der Waals surface area contributed by atoms with E-state index in [9.17, 15) is 19.1 Å². The Hall–Kier alpha value is -6.58. The molecule has 0 radical (unpaired) electrons. The lowest BCUT2D eigenvalue weighted by Crippen LogP contribution is -2.51. The molecule has 3 unspecified atom stereocenters. The number of rotatable bonds is 11. The van der Waals surface area contributed by atoms with Crippen LogP contribution in [-0.4, -0.2) is 148 Å². The van der Waals surface area contributed by atoms with Gasteiger partial charge in [-0.1, -0.05) is 30.7 Å². The molecule has 15 nitrogen and oxygen atoms in total. The van der Waals surface area contributed by atoms with Crippen molar-refractivity contribution < 1.29 is 28.2 Å². The zero-order chi connectivity index (χ0) is 49.3. The second-order valence-corrected chi connectivity index (χ2v) is 19.8. The van der Waals surface area contributed by atoms with E-state index in [4.69, 9.17) is 21.2 Å². The van der Waals surface area contributed by atoms with Gasteiger partial charge in [0, 0.05) is 93.2 Å². The first-order valence-electron chi connectivity index (χ1n) is 24.9. The second kappa shape index (κ2) is 20.6. The number of benzene rings is 3. The Labute approximate surface area is 412 Å². The molecule has 370 valence electrons. The largest absolute Gasteiger partial charge is 0.508 e. The molecule has 8 heterocycles. The predicted molar refractivity (Wildman–Crippen MR) is 270 cm³/mol. The minimum atomic E-state index is -0.717. The summed E-state index contributed by atoms with van der Waals surface area (Å²) in [5.41, 5.74) is 4.18. The van der Waals surface area contributed by atoms with Crippen molar-refractivity contribution in [3.63, 3.8) is 0 Å². The summed E-state index contributed by atoms with van der Waals surface area (Å²) >= 11 is 0. The number of aldehydes is 1. The normalized spacial score (nSPS) is 21.3. The predicted octanol–water partition coefficient (Wildman–Crippen LogP) is 6.23. The van der Waals surface area contributed by atoms with E-state index in [-0.39, 0.29) is 45.9 Å². The zero-order valence-electron chi connectivity index (χ0n) is 40.5. The first-order valence-corrected chi connectivity index (χ1v) is 24.9. The summed E-state index contributed by atoms with van der Waals surface area (Å²) in [7, 11) is 4.08. The third-order valence-corrected chi connectivity index (χ3v) is 15.0. The Kier molecular flexibility index (Phi) is 14.0. The number of nitrogens with one attached hydrogen (secondary N) is 2. The van der Waals surface area contributed by atoms with Crippen LogP contribution in [0, 0.1) is 24.0 Å². The van der Waals surface area contributed by atoms with Crippen LogP contribution in [0.1, 0.15) is 73.6 Å². The van der Waals surface area contributed by atoms with Crippen LogP contribution in [0.4, 0.5) is 14.6 Å². The Balaban J connectivity index is 0.000000184. The standard InChI is InChI=1S/C33H35F2N7O2.C21H26N4O2/c1-3-24-27(34)8-5-20-15-23(43)16-25(28(20)24)30-29(35)31-26(17-36-30)32(42-18-21-6-7-22(19-42)37-21)39-33(38-31)44-14-4-9-41-12-10-40(2)11-13-41;1-14-3-5-18(21(27)22-14)20-17-6-4-16(13-19(17)24(2)23-20)15-7-9-25(10-8-15)11-12-26/h1,5,8,15-17,21-22,37,43H,4,6-7,9-14,18-19H2,2H3;4,6,12-13,15,18H,1,3,5,7-11H2,2H3,(H,22,27). The maximum Gasteiger partial charge on any atom is 0.319 e. The first kappa shape index (κ1) is 48.1. The molecular weight excluding hydrogens is 905 g/mol. The molecule has 0 spiro atoms. The van der Waals surface area contributed by atoms with E-state index in [1.54, 1.807) is 6.20 Å². The average Bonchev–Trinajstić information content (AvgIpc) is 3.89. The molecule has 0 aliphatic carbocycles. The number of fused-ring (bicyclic) bond motifs is 5.